The Bertz CT molecular complexity index is 543. The number of aliphatic hydroxyl groups is 4. The van der Waals surface area contributed by atoms with Crippen LogP contribution in [0, 0.1) is 0 Å². The second-order valence-electron chi connectivity index (χ2n) is 4.41. The van der Waals surface area contributed by atoms with Gasteiger partial charge in [-0.1, -0.05) is 0 Å². The van der Waals surface area contributed by atoms with Gasteiger partial charge in [0, 0.05) is 5.56 Å². The van der Waals surface area contributed by atoms with Crippen molar-refractivity contribution in [1.82, 2.24) is 0 Å². The Morgan fingerprint density at radius 3 is 2.23 bits per heavy atom. The van der Waals surface area contributed by atoms with Crippen LogP contribution in [0.3, 0.4) is 0 Å². The van der Waals surface area contributed by atoms with E-state index >= 15 is 0 Å². The van der Waals surface area contributed by atoms with E-state index in [0.717, 1.165) is 13.2 Å². The summed E-state index contributed by atoms with van der Waals surface area (Å²) in [7, 11) is 2.31. The highest BCUT2D eigenvalue weighted by Gasteiger charge is 2.34. The number of ether oxygens (including phenoxy) is 2. The van der Waals surface area contributed by atoms with Gasteiger partial charge in [-0.2, -0.15) is 0 Å². The van der Waals surface area contributed by atoms with Crippen molar-refractivity contribution >= 4 is 5.97 Å². The molecule has 0 saturated carbocycles. The van der Waals surface area contributed by atoms with Crippen LogP contribution in [-0.2, 0) is 0 Å². The number of hydrogen-bond donors (Lipinski definition) is 6. The molecule has 9 nitrogen and oxygen atoms in total. The number of rotatable bonds is 7. The molecule has 22 heavy (non-hydrogen) atoms. The largest absolute Gasteiger partial charge is 0.502 e. The van der Waals surface area contributed by atoms with E-state index in [2.05, 4.69) is 0 Å². The van der Waals surface area contributed by atoms with Crippen LogP contribution >= 0.6 is 0 Å². The van der Waals surface area contributed by atoms with E-state index in [-0.39, 0.29) is 5.75 Å². The minimum Gasteiger partial charge on any atom is -0.502 e. The Balaban J connectivity index is 3.56. The molecule has 0 aliphatic rings. The number of carbonyl (C=O) groups is 1. The van der Waals surface area contributed by atoms with Gasteiger partial charge in [0.2, 0.25) is 5.75 Å². The molecule has 0 radical (unpaired) electrons. The number of carboxylic acids is 1. The maximum atomic E-state index is 11.3. The molecule has 1 rings (SSSR count). The van der Waals surface area contributed by atoms with Crippen molar-refractivity contribution < 1.29 is 44.9 Å². The van der Waals surface area contributed by atoms with E-state index in [1.54, 1.807) is 0 Å². The number of aromatic hydroxyl groups is 1. The molecule has 0 aromatic heterocycles. The zero-order valence-electron chi connectivity index (χ0n) is 11.9. The van der Waals surface area contributed by atoms with E-state index in [1.807, 2.05) is 0 Å². The van der Waals surface area contributed by atoms with Gasteiger partial charge < -0.3 is 40.1 Å². The van der Waals surface area contributed by atoms with Gasteiger partial charge in [0.25, 0.3) is 0 Å². The quantitative estimate of drug-likeness (QED) is 0.365. The highest BCUT2D eigenvalue weighted by atomic mass is 16.5. The minimum absolute atomic E-state index is 0.206. The average molecular weight is 318 g/mol. The fraction of sp³-hybridized carbons (Fsp3) is 0.462. The minimum atomic E-state index is -1.93. The molecule has 1 aromatic rings. The van der Waals surface area contributed by atoms with Gasteiger partial charge in [-0.3, -0.25) is 0 Å². The molecule has 0 saturated heterocycles. The third kappa shape index (κ3) is 3.22. The number of carboxylic acid groups (broad SMARTS) is 1. The maximum absolute atomic E-state index is 11.3. The summed E-state index contributed by atoms with van der Waals surface area (Å²) in [6.45, 7) is -0.856. The van der Waals surface area contributed by atoms with Gasteiger partial charge in [0.05, 0.1) is 26.4 Å². The molecule has 3 atom stereocenters. The van der Waals surface area contributed by atoms with E-state index in [1.165, 1.54) is 7.11 Å². The Kier molecular flexibility index (Phi) is 5.94. The predicted octanol–water partition coefficient (Wildman–Crippen LogP) is -1.14. The van der Waals surface area contributed by atoms with Crippen molar-refractivity contribution in [3.8, 4) is 17.2 Å². The number of phenols is 1. The lowest BCUT2D eigenvalue weighted by atomic mass is 9.94. The van der Waals surface area contributed by atoms with Crippen LogP contribution in [0.1, 0.15) is 22.0 Å². The summed E-state index contributed by atoms with van der Waals surface area (Å²) in [6, 6.07) is 0.941. The van der Waals surface area contributed by atoms with Crippen molar-refractivity contribution in [1.29, 1.82) is 0 Å². The third-order valence-electron chi connectivity index (χ3n) is 3.11. The Morgan fingerprint density at radius 1 is 1.23 bits per heavy atom. The highest BCUT2D eigenvalue weighted by molar-refractivity contribution is 5.92. The summed E-state index contributed by atoms with van der Waals surface area (Å²) in [5.41, 5.74) is -0.948. The van der Waals surface area contributed by atoms with E-state index in [9.17, 15) is 30.3 Å². The smallest absolute Gasteiger partial charge is 0.336 e. The van der Waals surface area contributed by atoms with Gasteiger partial charge in [0.1, 0.15) is 18.3 Å². The zero-order valence-corrected chi connectivity index (χ0v) is 11.9. The molecule has 3 unspecified atom stereocenters. The van der Waals surface area contributed by atoms with E-state index in [0.29, 0.717) is 0 Å². The normalized spacial score (nSPS) is 15.0. The predicted molar refractivity (Wildman–Crippen MR) is 72.2 cm³/mol. The summed E-state index contributed by atoms with van der Waals surface area (Å²) in [6.07, 6.45) is -5.55. The lowest BCUT2D eigenvalue weighted by Crippen LogP contribution is -2.35. The number of benzene rings is 1. The van der Waals surface area contributed by atoms with Crippen molar-refractivity contribution in [3.63, 3.8) is 0 Å². The first kappa shape index (κ1) is 18.0. The summed E-state index contributed by atoms with van der Waals surface area (Å²) in [4.78, 5) is 11.3. The van der Waals surface area contributed by atoms with Crippen LogP contribution < -0.4 is 9.47 Å². The summed E-state index contributed by atoms with van der Waals surface area (Å²) in [5, 5.41) is 57.2. The van der Waals surface area contributed by atoms with Gasteiger partial charge >= 0.3 is 5.97 Å². The Morgan fingerprint density at radius 2 is 1.82 bits per heavy atom. The Hall–Kier alpha value is -2.07. The summed E-state index contributed by atoms with van der Waals surface area (Å²) in [5.74, 6) is -2.68. The molecule has 0 aliphatic heterocycles. The van der Waals surface area contributed by atoms with Crippen molar-refractivity contribution in [2.24, 2.45) is 0 Å². The fourth-order valence-electron chi connectivity index (χ4n) is 1.96. The van der Waals surface area contributed by atoms with Crippen LogP contribution in [0.5, 0.6) is 17.2 Å². The van der Waals surface area contributed by atoms with Crippen LogP contribution in [0.4, 0.5) is 0 Å². The number of phenolic OH excluding ortho intramolecular Hbond substituents is 1. The molecule has 0 fully saturated rings. The van der Waals surface area contributed by atoms with Gasteiger partial charge in [-0.05, 0) is 6.07 Å². The van der Waals surface area contributed by atoms with Crippen LogP contribution in [-0.4, -0.2) is 69.6 Å². The molecule has 0 aliphatic carbocycles. The molecule has 124 valence electrons. The van der Waals surface area contributed by atoms with Crippen molar-refractivity contribution in [2.75, 3.05) is 20.8 Å². The SMILES string of the molecule is COc1cc(C(=O)O)c(C(O)C(O)C(O)CO)c(OC)c1O. The molecule has 0 heterocycles. The number of aliphatic hydroxyl groups excluding tert-OH is 4. The number of hydrogen-bond acceptors (Lipinski definition) is 8. The second-order valence-corrected chi connectivity index (χ2v) is 4.41. The molecule has 0 spiro atoms. The van der Waals surface area contributed by atoms with E-state index < -0.39 is 53.5 Å². The topological polar surface area (TPSA) is 157 Å². The number of aromatic carboxylic acids is 1. The van der Waals surface area contributed by atoms with Gasteiger partial charge in [-0.15, -0.1) is 0 Å². The molecule has 6 N–H and O–H groups in total. The van der Waals surface area contributed by atoms with Crippen molar-refractivity contribution in [2.45, 2.75) is 18.3 Å². The molecule has 0 amide bonds. The monoisotopic (exact) mass is 318 g/mol. The van der Waals surface area contributed by atoms with Crippen LogP contribution in [0.2, 0.25) is 0 Å². The van der Waals surface area contributed by atoms with Crippen LogP contribution in [0.25, 0.3) is 0 Å². The first-order valence-corrected chi connectivity index (χ1v) is 6.16. The van der Waals surface area contributed by atoms with Crippen LogP contribution in [0.15, 0.2) is 6.07 Å². The van der Waals surface area contributed by atoms with E-state index in [4.69, 9.17) is 14.6 Å². The fourth-order valence-corrected chi connectivity index (χ4v) is 1.96. The third-order valence-corrected chi connectivity index (χ3v) is 3.11. The zero-order chi connectivity index (χ0) is 17.0. The summed E-state index contributed by atoms with van der Waals surface area (Å²) >= 11 is 0. The maximum Gasteiger partial charge on any atom is 0.336 e. The second kappa shape index (κ2) is 7.27. The standard InChI is InChI=1S/C13H18O9/c1-21-7-3-5(13(19)20)8(12(22-2)10(7)17)11(18)9(16)6(15)4-14/h3,6,9,11,14-18H,4H2,1-2H3,(H,19,20). The molecule has 9 heteroatoms. The van der Waals surface area contributed by atoms with Gasteiger partial charge in [-0.25, -0.2) is 4.79 Å². The molecule has 1 aromatic carbocycles. The summed E-state index contributed by atoms with van der Waals surface area (Å²) < 4.78 is 9.70. The number of methoxy groups -OCH3 is 2. The molecular weight excluding hydrogens is 300 g/mol. The average Bonchev–Trinajstić information content (AvgIpc) is 2.51. The lowest BCUT2D eigenvalue weighted by Gasteiger charge is -2.25. The first-order valence-electron chi connectivity index (χ1n) is 6.16. The Labute approximate surface area is 125 Å². The first-order chi connectivity index (χ1) is 10.3. The highest BCUT2D eigenvalue weighted by Crippen LogP contribution is 2.44. The lowest BCUT2D eigenvalue weighted by molar-refractivity contribution is -0.0784. The van der Waals surface area contributed by atoms with Crippen molar-refractivity contribution in [3.05, 3.63) is 17.2 Å². The molecular formula is C13H18O9. The van der Waals surface area contributed by atoms with Gasteiger partial charge in [0.15, 0.2) is 11.5 Å². The molecule has 0 bridgehead atoms.